The van der Waals surface area contributed by atoms with Crippen LogP contribution in [0.4, 0.5) is 0 Å². The van der Waals surface area contributed by atoms with Crippen LogP contribution in [0, 0.1) is 6.92 Å². The third-order valence-electron chi connectivity index (χ3n) is 3.54. The van der Waals surface area contributed by atoms with Crippen LogP contribution in [-0.2, 0) is 0 Å². The minimum absolute atomic E-state index is 0.100. The molecule has 2 rings (SSSR count). The Hall–Kier alpha value is -1.42. The topological polar surface area (TPSA) is 45.2 Å². The second-order valence-electron chi connectivity index (χ2n) is 5.23. The van der Waals surface area contributed by atoms with Crippen molar-refractivity contribution in [3.05, 3.63) is 29.6 Å². The largest absolute Gasteiger partial charge is 0.337 e. The molecule has 1 aliphatic rings. The highest BCUT2D eigenvalue weighted by Crippen LogP contribution is 2.11. The Bertz CT molecular complexity index is 410. The van der Waals surface area contributed by atoms with Crippen molar-refractivity contribution in [2.24, 2.45) is 0 Å². The highest BCUT2D eigenvalue weighted by Gasteiger charge is 2.21. The van der Waals surface area contributed by atoms with Gasteiger partial charge in [0.15, 0.2) is 0 Å². The van der Waals surface area contributed by atoms with E-state index in [1.54, 1.807) is 6.20 Å². The van der Waals surface area contributed by atoms with Crippen LogP contribution in [0.1, 0.15) is 42.2 Å². The quantitative estimate of drug-likeness (QED) is 0.881. The fourth-order valence-electron chi connectivity index (χ4n) is 2.50. The molecule has 1 aromatic rings. The number of nitrogens with one attached hydrogen (secondary N) is 1. The molecular weight excluding hydrogens is 238 g/mol. The van der Waals surface area contributed by atoms with Crippen LogP contribution in [0.2, 0.25) is 0 Å². The molecule has 1 amide bonds. The van der Waals surface area contributed by atoms with Crippen LogP contribution >= 0.6 is 0 Å². The highest BCUT2D eigenvalue weighted by molar-refractivity contribution is 5.93. The number of hydrogen-bond acceptors (Lipinski definition) is 3. The van der Waals surface area contributed by atoms with Gasteiger partial charge in [-0.05, 0) is 44.9 Å². The maximum absolute atomic E-state index is 12.5. The average Bonchev–Trinajstić information content (AvgIpc) is 2.91. The Morgan fingerprint density at radius 2 is 2.37 bits per heavy atom. The normalized spacial score (nSPS) is 18.5. The zero-order valence-electron chi connectivity index (χ0n) is 11.9. The molecule has 0 radical (unpaired) electrons. The molecule has 1 saturated heterocycles. The van der Waals surface area contributed by atoms with E-state index in [4.69, 9.17) is 0 Å². The number of pyridine rings is 1. The van der Waals surface area contributed by atoms with Gasteiger partial charge in [-0.3, -0.25) is 9.78 Å². The summed E-state index contributed by atoms with van der Waals surface area (Å²) in [6.07, 6.45) is 5.05. The van der Waals surface area contributed by atoms with Gasteiger partial charge in [0.1, 0.15) is 0 Å². The Morgan fingerprint density at radius 1 is 1.53 bits per heavy atom. The van der Waals surface area contributed by atoms with Crippen LogP contribution in [-0.4, -0.2) is 41.5 Å². The molecule has 0 bridgehead atoms. The molecule has 4 nitrogen and oxygen atoms in total. The van der Waals surface area contributed by atoms with Crippen molar-refractivity contribution in [3.8, 4) is 0 Å². The summed E-state index contributed by atoms with van der Waals surface area (Å²) < 4.78 is 0. The minimum Gasteiger partial charge on any atom is -0.337 e. The van der Waals surface area contributed by atoms with E-state index in [-0.39, 0.29) is 5.91 Å². The standard InChI is InChI=1S/C15H23N3O/c1-3-9-18(11-14-5-4-8-16-14)15(19)13-7-6-12(2)17-10-13/h6-7,10,14,16H,3-5,8-9,11H2,1-2H3. The Morgan fingerprint density at radius 3 is 2.95 bits per heavy atom. The lowest BCUT2D eigenvalue weighted by molar-refractivity contribution is 0.0741. The SMILES string of the molecule is CCCN(CC1CCCN1)C(=O)c1ccc(C)nc1. The maximum atomic E-state index is 12.5. The van der Waals surface area contributed by atoms with E-state index in [9.17, 15) is 4.79 Å². The third-order valence-corrected chi connectivity index (χ3v) is 3.54. The van der Waals surface area contributed by atoms with Gasteiger partial charge in [-0.2, -0.15) is 0 Å². The van der Waals surface area contributed by atoms with Gasteiger partial charge in [-0.1, -0.05) is 6.92 Å². The number of aromatic nitrogens is 1. The third kappa shape index (κ3) is 3.77. The van der Waals surface area contributed by atoms with Gasteiger partial charge in [-0.15, -0.1) is 0 Å². The molecule has 1 unspecified atom stereocenters. The lowest BCUT2D eigenvalue weighted by atomic mass is 10.1. The first kappa shape index (κ1) is 14.0. The highest BCUT2D eigenvalue weighted by atomic mass is 16.2. The van der Waals surface area contributed by atoms with Gasteiger partial charge < -0.3 is 10.2 Å². The van der Waals surface area contributed by atoms with E-state index < -0.39 is 0 Å². The first-order valence-corrected chi connectivity index (χ1v) is 7.16. The summed E-state index contributed by atoms with van der Waals surface area (Å²) >= 11 is 0. The van der Waals surface area contributed by atoms with Crippen molar-refractivity contribution in [2.45, 2.75) is 39.2 Å². The van der Waals surface area contributed by atoms with Gasteiger partial charge in [0.2, 0.25) is 0 Å². The lowest BCUT2D eigenvalue weighted by Gasteiger charge is -2.25. The molecule has 19 heavy (non-hydrogen) atoms. The Balaban J connectivity index is 2.04. The van der Waals surface area contributed by atoms with Crippen molar-refractivity contribution in [3.63, 3.8) is 0 Å². The summed E-state index contributed by atoms with van der Waals surface area (Å²) in [5.74, 6) is 0.100. The fourth-order valence-corrected chi connectivity index (χ4v) is 2.50. The number of carbonyl (C=O) groups is 1. The predicted molar refractivity (Wildman–Crippen MR) is 76.2 cm³/mol. The van der Waals surface area contributed by atoms with Crippen molar-refractivity contribution < 1.29 is 4.79 Å². The van der Waals surface area contributed by atoms with Gasteiger partial charge in [0, 0.05) is 31.0 Å². The molecule has 0 saturated carbocycles. The second-order valence-corrected chi connectivity index (χ2v) is 5.23. The number of hydrogen-bond donors (Lipinski definition) is 1. The molecule has 0 aliphatic carbocycles. The summed E-state index contributed by atoms with van der Waals surface area (Å²) in [4.78, 5) is 18.7. The molecule has 1 N–H and O–H groups in total. The smallest absolute Gasteiger partial charge is 0.255 e. The zero-order valence-corrected chi connectivity index (χ0v) is 11.9. The molecule has 104 valence electrons. The first-order valence-electron chi connectivity index (χ1n) is 7.16. The Kier molecular flexibility index (Phi) is 4.91. The van der Waals surface area contributed by atoms with Gasteiger partial charge >= 0.3 is 0 Å². The summed E-state index contributed by atoms with van der Waals surface area (Å²) in [7, 11) is 0. The monoisotopic (exact) mass is 261 g/mol. The Labute approximate surface area is 115 Å². The zero-order chi connectivity index (χ0) is 13.7. The number of amides is 1. The van der Waals surface area contributed by atoms with Crippen LogP contribution in [0.3, 0.4) is 0 Å². The van der Waals surface area contributed by atoms with Crippen LogP contribution in [0.5, 0.6) is 0 Å². The van der Waals surface area contributed by atoms with Gasteiger partial charge in [0.25, 0.3) is 5.91 Å². The molecule has 1 fully saturated rings. The molecule has 1 aromatic heterocycles. The van der Waals surface area contributed by atoms with Crippen molar-refractivity contribution in [1.29, 1.82) is 0 Å². The predicted octanol–water partition coefficient (Wildman–Crippen LogP) is 1.99. The van der Waals surface area contributed by atoms with E-state index in [0.29, 0.717) is 11.6 Å². The van der Waals surface area contributed by atoms with Gasteiger partial charge in [0.05, 0.1) is 5.56 Å². The molecule has 0 spiro atoms. The second kappa shape index (κ2) is 6.66. The average molecular weight is 261 g/mol. The number of carbonyl (C=O) groups excluding carboxylic acids is 1. The minimum atomic E-state index is 0.100. The number of aryl methyl sites for hydroxylation is 1. The number of nitrogens with zero attached hydrogens (tertiary/aromatic N) is 2. The first-order chi connectivity index (χ1) is 9.20. The van der Waals surface area contributed by atoms with Crippen LogP contribution in [0.15, 0.2) is 18.3 Å². The van der Waals surface area contributed by atoms with Gasteiger partial charge in [-0.25, -0.2) is 0 Å². The fraction of sp³-hybridized carbons (Fsp3) is 0.600. The molecule has 0 aromatic carbocycles. The van der Waals surface area contributed by atoms with Crippen LogP contribution in [0.25, 0.3) is 0 Å². The molecule has 1 aliphatic heterocycles. The van der Waals surface area contributed by atoms with E-state index in [1.807, 2.05) is 24.0 Å². The summed E-state index contributed by atoms with van der Waals surface area (Å²) in [5, 5.41) is 3.45. The summed E-state index contributed by atoms with van der Waals surface area (Å²) in [6, 6.07) is 4.22. The van der Waals surface area contributed by atoms with Crippen molar-refractivity contribution >= 4 is 5.91 Å². The molecule has 2 heterocycles. The molecular formula is C15H23N3O. The van der Waals surface area contributed by atoms with E-state index in [1.165, 1.54) is 12.8 Å². The summed E-state index contributed by atoms with van der Waals surface area (Å²) in [5.41, 5.74) is 1.63. The van der Waals surface area contributed by atoms with Crippen molar-refractivity contribution in [1.82, 2.24) is 15.2 Å². The van der Waals surface area contributed by atoms with Crippen LogP contribution < -0.4 is 5.32 Å². The van der Waals surface area contributed by atoms with E-state index in [0.717, 1.165) is 31.7 Å². The lowest BCUT2D eigenvalue weighted by Crippen LogP contribution is -2.41. The molecule has 1 atom stereocenters. The number of rotatable bonds is 5. The van der Waals surface area contributed by atoms with Crippen molar-refractivity contribution in [2.75, 3.05) is 19.6 Å². The van der Waals surface area contributed by atoms with E-state index in [2.05, 4.69) is 17.2 Å². The summed E-state index contributed by atoms with van der Waals surface area (Å²) in [6.45, 7) is 6.73. The maximum Gasteiger partial charge on any atom is 0.255 e. The van der Waals surface area contributed by atoms with E-state index >= 15 is 0 Å². The molecule has 4 heteroatoms.